The smallest absolute Gasteiger partial charge is 0.313 e. The lowest BCUT2D eigenvalue weighted by Crippen LogP contribution is -2.37. The van der Waals surface area contributed by atoms with Gasteiger partial charge in [-0.2, -0.15) is 0 Å². The largest absolute Gasteiger partial charge is 0.464 e. The number of furan rings is 1. The third-order valence-corrected chi connectivity index (χ3v) is 4.40. The molecule has 3 amide bonds. The van der Waals surface area contributed by atoms with E-state index in [0.717, 1.165) is 24.2 Å². The van der Waals surface area contributed by atoms with Crippen molar-refractivity contribution in [3.8, 4) is 0 Å². The van der Waals surface area contributed by atoms with Crippen molar-refractivity contribution in [1.82, 2.24) is 10.6 Å². The predicted octanol–water partition coefficient (Wildman–Crippen LogP) is 2.60. The lowest BCUT2D eigenvalue weighted by atomic mass is 10.1. The van der Waals surface area contributed by atoms with Crippen LogP contribution >= 0.6 is 0 Å². The first-order valence-electron chi connectivity index (χ1n) is 8.93. The molecule has 2 aromatic rings. The summed E-state index contributed by atoms with van der Waals surface area (Å²) in [7, 11) is 0. The lowest BCUT2D eigenvalue weighted by Gasteiger charge is -2.13. The monoisotopic (exact) mass is 369 g/mol. The zero-order chi connectivity index (χ0) is 19.6. The molecule has 7 nitrogen and oxygen atoms in total. The molecule has 1 heterocycles. The Labute approximate surface area is 157 Å². The molecular formula is C20H23N3O4. The SMILES string of the molecule is Cc1ccc([C@H](C)NC(=O)C(=O)Nc2cc(C(=O)NC3CC3)ccc2C)o1. The number of rotatable bonds is 5. The fourth-order valence-corrected chi connectivity index (χ4v) is 2.59. The minimum Gasteiger partial charge on any atom is -0.464 e. The van der Waals surface area contributed by atoms with Crippen molar-refractivity contribution in [3.63, 3.8) is 0 Å². The molecule has 1 saturated carbocycles. The summed E-state index contributed by atoms with van der Waals surface area (Å²) in [5.74, 6) is -0.452. The molecule has 1 aliphatic carbocycles. The number of carbonyl (C=O) groups is 3. The van der Waals surface area contributed by atoms with Crippen LogP contribution in [0.1, 0.15) is 53.2 Å². The van der Waals surface area contributed by atoms with E-state index in [1.54, 1.807) is 51.1 Å². The van der Waals surface area contributed by atoms with Gasteiger partial charge in [-0.15, -0.1) is 0 Å². The predicted molar refractivity (Wildman–Crippen MR) is 100 cm³/mol. The topological polar surface area (TPSA) is 100 Å². The van der Waals surface area contributed by atoms with Gasteiger partial charge in [0.15, 0.2) is 0 Å². The minimum atomic E-state index is -0.798. The van der Waals surface area contributed by atoms with Gasteiger partial charge in [-0.25, -0.2) is 0 Å². The highest BCUT2D eigenvalue weighted by Crippen LogP contribution is 2.21. The Kier molecular flexibility index (Phi) is 5.30. The van der Waals surface area contributed by atoms with Crippen LogP contribution in [0.15, 0.2) is 34.7 Å². The molecule has 1 aromatic carbocycles. The number of amides is 3. The molecule has 1 aliphatic rings. The van der Waals surface area contributed by atoms with Crippen molar-refractivity contribution in [1.29, 1.82) is 0 Å². The van der Waals surface area contributed by atoms with Crippen molar-refractivity contribution < 1.29 is 18.8 Å². The second-order valence-corrected chi connectivity index (χ2v) is 6.88. The average molecular weight is 369 g/mol. The first kappa shape index (κ1) is 18.7. The Balaban J connectivity index is 1.63. The summed E-state index contributed by atoms with van der Waals surface area (Å²) in [5, 5.41) is 8.07. The standard InChI is InChI=1S/C20H23N3O4/c1-11-4-6-14(18(24)22-15-7-8-15)10-16(11)23-20(26)19(25)21-13(3)17-9-5-12(2)27-17/h4-6,9-10,13,15H,7-8H2,1-3H3,(H,21,25)(H,22,24)(H,23,26)/t13-/m0/s1. The van der Waals surface area contributed by atoms with E-state index in [1.165, 1.54) is 0 Å². The second kappa shape index (κ2) is 7.65. The van der Waals surface area contributed by atoms with Gasteiger partial charge in [-0.3, -0.25) is 14.4 Å². The molecule has 1 fully saturated rings. The molecular weight excluding hydrogens is 346 g/mol. The second-order valence-electron chi connectivity index (χ2n) is 6.88. The van der Waals surface area contributed by atoms with Gasteiger partial charge in [0.2, 0.25) is 0 Å². The van der Waals surface area contributed by atoms with Gasteiger partial charge in [0.25, 0.3) is 5.91 Å². The van der Waals surface area contributed by atoms with Crippen LogP contribution in [-0.2, 0) is 9.59 Å². The van der Waals surface area contributed by atoms with E-state index >= 15 is 0 Å². The number of benzene rings is 1. The van der Waals surface area contributed by atoms with Crippen LogP contribution in [0.4, 0.5) is 5.69 Å². The quantitative estimate of drug-likeness (QED) is 0.705. The number of hydrogen-bond donors (Lipinski definition) is 3. The average Bonchev–Trinajstić information content (AvgIpc) is 3.33. The van der Waals surface area contributed by atoms with E-state index in [-0.39, 0.29) is 11.9 Å². The highest BCUT2D eigenvalue weighted by Gasteiger charge is 2.24. The van der Waals surface area contributed by atoms with E-state index in [0.29, 0.717) is 17.0 Å². The number of nitrogens with one attached hydrogen (secondary N) is 3. The number of anilines is 1. The van der Waals surface area contributed by atoms with Gasteiger partial charge in [-0.1, -0.05) is 6.07 Å². The summed E-state index contributed by atoms with van der Waals surface area (Å²) in [4.78, 5) is 36.6. The fraction of sp³-hybridized carbons (Fsp3) is 0.350. The third-order valence-electron chi connectivity index (χ3n) is 4.40. The van der Waals surface area contributed by atoms with Gasteiger partial charge in [-0.05, 0) is 63.4 Å². The third kappa shape index (κ3) is 4.75. The van der Waals surface area contributed by atoms with E-state index in [2.05, 4.69) is 16.0 Å². The van der Waals surface area contributed by atoms with Crippen molar-refractivity contribution in [2.24, 2.45) is 0 Å². The molecule has 1 atom stereocenters. The normalized spacial score (nSPS) is 14.3. The summed E-state index contributed by atoms with van der Waals surface area (Å²) in [6.07, 6.45) is 1.99. The van der Waals surface area contributed by atoms with Crippen molar-refractivity contribution in [2.45, 2.75) is 45.7 Å². The maximum absolute atomic E-state index is 12.3. The summed E-state index contributed by atoms with van der Waals surface area (Å²) < 4.78 is 5.45. The molecule has 1 aromatic heterocycles. The van der Waals surface area contributed by atoms with Crippen LogP contribution in [0.3, 0.4) is 0 Å². The van der Waals surface area contributed by atoms with E-state index in [4.69, 9.17) is 4.42 Å². The van der Waals surface area contributed by atoms with Crippen molar-refractivity contribution >= 4 is 23.4 Å². The maximum Gasteiger partial charge on any atom is 0.313 e. The molecule has 7 heteroatoms. The van der Waals surface area contributed by atoms with Crippen LogP contribution in [0.2, 0.25) is 0 Å². The molecule has 3 N–H and O–H groups in total. The maximum atomic E-state index is 12.3. The zero-order valence-corrected chi connectivity index (χ0v) is 15.6. The molecule has 0 unspecified atom stereocenters. The van der Waals surface area contributed by atoms with Gasteiger partial charge in [0.05, 0.1) is 6.04 Å². The molecule has 0 saturated heterocycles. The van der Waals surface area contributed by atoms with E-state index in [1.807, 2.05) is 0 Å². The van der Waals surface area contributed by atoms with Crippen LogP contribution in [0.5, 0.6) is 0 Å². The molecule has 0 aliphatic heterocycles. The van der Waals surface area contributed by atoms with Crippen LogP contribution in [0, 0.1) is 13.8 Å². The first-order valence-corrected chi connectivity index (χ1v) is 8.93. The Bertz CT molecular complexity index is 883. The van der Waals surface area contributed by atoms with Crippen molar-refractivity contribution in [3.05, 3.63) is 53.0 Å². The lowest BCUT2D eigenvalue weighted by molar-refractivity contribution is -0.136. The highest BCUT2D eigenvalue weighted by molar-refractivity contribution is 6.39. The Morgan fingerprint density at radius 3 is 2.44 bits per heavy atom. The van der Waals surface area contributed by atoms with Crippen LogP contribution in [0.25, 0.3) is 0 Å². The number of aryl methyl sites for hydroxylation is 2. The van der Waals surface area contributed by atoms with Gasteiger partial charge >= 0.3 is 11.8 Å². The van der Waals surface area contributed by atoms with E-state index < -0.39 is 17.9 Å². The molecule has 27 heavy (non-hydrogen) atoms. The first-order chi connectivity index (χ1) is 12.8. The molecule has 142 valence electrons. The number of hydrogen-bond acceptors (Lipinski definition) is 4. The Morgan fingerprint density at radius 2 is 1.81 bits per heavy atom. The minimum absolute atomic E-state index is 0.181. The number of carbonyl (C=O) groups excluding carboxylic acids is 3. The molecule has 0 spiro atoms. The summed E-state index contributed by atoms with van der Waals surface area (Å²) >= 11 is 0. The molecule has 3 rings (SSSR count). The van der Waals surface area contributed by atoms with Gasteiger partial charge in [0.1, 0.15) is 11.5 Å². The zero-order valence-electron chi connectivity index (χ0n) is 15.6. The van der Waals surface area contributed by atoms with Gasteiger partial charge < -0.3 is 20.4 Å². The molecule has 0 bridgehead atoms. The fourth-order valence-electron chi connectivity index (χ4n) is 2.59. The van der Waals surface area contributed by atoms with Crippen LogP contribution < -0.4 is 16.0 Å². The van der Waals surface area contributed by atoms with Crippen molar-refractivity contribution in [2.75, 3.05) is 5.32 Å². The van der Waals surface area contributed by atoms with Crippen LogP contribution in [-0.4, -0.2) is 23.8 Å². The summed E-state index contributed by atoms with van der Waals surface area (Å²) in [6, 6.07) is 8.37. The van der Waals surface area contributed by atoms with E-state index in [9.17, 15) is 14.4 Å². The van der Waals surface area contributed by atoms with Gasteiger partial charge in [0, 0.05) is 17.3 Å². The highest BCUT2D eigenvalue weighted by atomic mass is 16.3. The Hall–Kier alpha value is -3.09. The Morgan fingerprint density at radius 1 is 1.07 bits per heavy atom. The molecule has 0 radical (unpaired) electrons. The summed E-state index contributed by atoms with van der Waals surface area (Å²) in [6.45, 7) is 5.34. The summed E-state index contributed by atoms with van der Waals surface area (Å²) in [5.41, 5.74) is 1.64.